The minimum absolute atomic E-state index is 0.0552. The van der Waals surface area contributed by atoms with Crippen molar-refractivity contribution in [2.24, 2.45) is 5.41 Å². The van der Waals surface area contributed by atoms with Crippen molar-refractivity contribution in [1.82, 2.24) is 15.0 Å². The zero-order valence-corrected chi connectivity index (χ0v) is 13.5. The van der Waals surface area contributed by atoms with Crippen molar-refractivity contribution in [2.75, 3.05) is 31.2 Å². The second-order valence-electron chi connectivity index (χ2n) is 6.97. The Labute approximate surface area is 145 Å². The monoisotopic (exact) mass is 360 g/mol. The van der Waals surface area contributed by atoms with Crippen LogP contribution in [0.2, 0.25) is 0 Å². The zero-order chi connectivity index (χ0) is 18.1. The molecule has 0 radical (unpaired) electrons. The van der Waals surface area contributed by atoms with Crippen LogP contribution in [0.4, 0.5) is 14.6 Å². The van der Waals surface area contributed by atoms with Crippen molar-refractivity contribution in [3.8, 4) is 0 Å². The maximum absolute atomic E-state index is 15.3. The Morgan fingerprint density at radius 2 is 2.12 bits per heavy atom. The van der Waals surface area contributed by atoms with Gasteiger partial charge in [-0.15, -0.1) is 0 Å². The van der Waals surface area contributed by atoms with Gasteiger partial charge in [0.15, 0.2) is 0 Å². The standard InChI is InChI=1S/C17H14F2N4O3/c18-9-1-2-10-11(3-9)22-13-12(10)14(21-8-20-13)23-4-16(6-26-7-16)17(19,5-23)15(24)25/h1-3,8H,4-7H2,(H,24,25)(H,20,21,22)/t17-/m1/s1. The highest BCUT2D eigenvalue weighted by atomic mass is 19.1. The normalized spacial score (nSPS) is 24.5. The quantitative estimate of drug-likeness (QED) is 0.725. The topological polar surface area (TPSA) is 91.3 Å². The predicted molar refractivity (Wildman–Crippen MR) is 88.3 cm³/mol. The summed E-state index contributed by atoms with van der Waals surface area (Å²) in [6.07, 6.45) is 1.33. The number of fused-ring (bicyclic) bond motifs is 3. The first kappa shape index (κ1) is 15.4. The summed E-state index contributed by atoms with van der Waals surface area (Å²) in [5.74, 6) is -1.45. The van der Waals surface area contributed by atoms with Gasteiger partial charge in [-0.3, -0.25) is 0 Å². The number of aliphatic carboxylic acids is 1. The van der Waals surface area contributed by atoms with E-state index in [-0.39, 0.29) is 32.1 Å². The number of anilines is 1. The summed E-state index contributed by atoms with van der Waals surface area (Å²) in [5.41, 5.74) is -2.47. The van der Waals surface area contributed by atoms with Crippen LogP contribution in [0.3, 0.4) is 0 Å². The molecular weight excluding hydrogens is 346 g/mol. The van der Waals surface area contributed by atoms with Crippen molar-refractivity contribution in [3.05, 3.63) is 30.3 Å². The minimum Gasteiger partial charge on any atom is -0.479 e. The van der Waals surface area contributed by atoms with Crippen LogP contribution < -0.4 is 4.90 Å². The molecule has 2 aromatic heterocycles. The molecule has 134 valence electrons. The van der Waals surface area contributed by atoms with Gasteiger partial charge in [-0.1, -0.05) is 0 Å². The largest absolute Gasteiger partial charge is 0.479 e. The number of hydrogen-bond donors (Lipinski definition) is 2. The van der Waals surface area contributed by atoms with Crippen LogP contribution >= 0.6 is 0 Å². The van der Waals surface area contributed by atoms with Crippen molar-refractivity contribution >= 4 is 33.7 Å². The van der Waals surface area contributed by atoms with Crippen molar-refractivity contribution in [3.63, 3.8) is 0 Å². The van der Waals surface area contributed by atoms with E-state index in [1.807, 2.05) is 0 Å². The third-order valence-corrected chi connectivity index (χ3v) is 5.47. The van der Waals surface area contributed by atoms with Crippen LogP contribution in [0.15, 0.2) is 24.5 Å². The summed E-state index contributed by atoms with van der Waals surface area (Å²) in [5, 5.41) is 10.8. The summed E-state index contributed by atoms with van der Waals surface area (Å²) in [6, 6.07) is 4.28. The van der Waals surface area contributed by atoms with Gasteiger partial charge >= 0.3 is 5.97 Å². The van der Waals surface area contributed by atoms with E-state index in [9.17, 15) is 14.3 Å². The fourth-order valence-electron chi connectivity index (χ4n) is 4.01. The van der Waals surface area contributed by atoms with Crippen LogP contribution in [-0.4, -0.2) is 58.0 Å². The van der Waals surface area contributed by atoms with Gasteiger partial charge in [-0.2, -0.15) is 0 Å². The van der Waals surface area contributed by atoms with Crippen LogP contribution in [0, 0.1) is 11.2 Å². The fraction of sp³-hybridized carbons (Fsp3) is 0.353. The lowest BCUT2D eigenvalue weighted by Crippen LogP contribution is -2.60. The molecule has 1 aromatic carbocycles. The molecule has 2 N–H and O–H groups in total. The number of benzene rings is 1. The van der Waals surface area contributed by atoms with Gasteiger partial charge in [0.2, 0.25) is 5.67 Å². The molecule has 9 heteroatoms. The maximum atomic E-state index is 15.3. The van der Waals surface area contributed by atoms with Crippen LogP contribution in [0.5, 0.6) is 0 Å². The predicted octanol–water partition coefficient (Wildman–Crippen LogP) is 1.88. The first-order valence-electron chi connectivity index (χ1n) is 8.10. The molecule has 0 bridgehead atoms. The summed E-state index contributed by atoms with van der Waals surface area (Å²) < 4.78 is 34.0. The second-order valence-corrected chi connectivity index (χ2v) is 6.97. The Balaban J connectivity index is 1.68. The van der Waals surface area contributed by atoms with Crippen LogP contribution in [0.25, 0.3) is 21.9 Å². The Bertz CT molecular complexity index is 1060. The van der Waals surface area contributed by atoms with E-state index < -0.39 is 17.1 Å². The lowest BCUT2D eigenvalue weighted by Gasteiger charge is -2.43. The summed E-state index contributed by atoms with van der Waals surface area (Å²) in [7, 11) is 0. The van der Waals surface area contributed by atoms with Crippen molar-refractivity contribution < 1.29 is 23.4 Å². The summed E-state index contributed by atoms with van der Waals surface area (Å²) in [4.78, 5) is 24.7. The molecule has 0 saturated carbocycles. The van der Waals surface area contributed by atoms with Gasteiger partial charge < -0.3 is 19.7 Å². The lowest BCUT2D eigenvalue weighted by molar-refractivity contribution is -0.192. The number of nitrogens with one attached hydrogen (secondary N) is 1. The number of carboxylic acids is 1. The maximum Gasteiger partial charge on any atom is 0.344 e. The number of rotatable bonds is 2. The molecule has 1 spiro atoms. The van der Waals surface area contributed by atoms with E-state index >= 15 is 4.39 Å². The number of nitrogens with zero attached hydrogens (tertiary/aromatic N) is 3. The molecule has 0 aliphatic carbocycles. The Morgan fingerprint density at radius 1 is 1.31 bits per heavy atom. The fourth-order valence-corrected chi connectivity index (χ4v) is 4.01. The molecule has 2 saturated heterocycles. The highest BCUT2D eigenvalue weighted by Gasteiger charge is 2.68. The molecule has 0 unspecified atom stereocenters. The van der Waals surface area contributed by atoms with Gasteiger partial charge in [0, 0.05) is 11.9 Å². The zero-order valence-electron chi connectivity index (χ0n) is 13.5. The van der Waals surface area contributed by atoms with Crippen LogP contribution in [0.1, 0.15) is 0 Å². The first-order chi connectivity index (χ1) is 12.4. The van der Waals surface area contributed by atoms with E-state index in [0.29, 0.717) is 27.8 Å². The number of aromatic nitrogens is 3. The number of hydrogen-bond acceptors (Lipinski definition) is 5. The molecule has 7 nitrogen and oxygen atoms in total. The highest BCUT2D eigenvalue weighted by Crippen LogP contribution is 2.49. The number of carbonyl (C=O) groups is 1. The molecule has 2 fully saturated rings. The number of ether oxygens (including phenoxy) is 1. The van der Waals surface area contributed by atoms with Gasteiger partial charge in [0.25, 0.3) is 0 Å². The third kappa shape index (κ3) is 1.80. The number of carboxylic acid groups (broad SMARTS) is 1. The minimum atomic E-state index is -2.42. The Kier molecular flexibility index (Phi) is 2.90. The van der Waals surface area contributed by atoms with Crippen molar-refractivity contribution in [1.29, 1.82) is 0 Å². The van der Waals surface area contributed by atoms with Gasteiger partial charge in [0.1, 0.15) is 23.6 Å². The molecule has 2 aliphatic heterocycles. The molecule has 3 aromatic rings. The Hall–Kier alpha value is -2.81. The van der Waals surface area contributed by atoms with E-state index in [2.05, 4.69) is 15.0 Å². The molecule has 26 heavy (non-hydrogen) atoms. The van der Waals surface area contributed by atoms with E-state index in [0.717, 1.165) is 0 Å². The average molecular weight is 360 g/mol. The molecule has 2 aliphatic rings. The molecule has 0 amide bonds. The highest BCUT2D eigenvalue weighted by molar-refractivity contribution is 6.11. The number of halogens is 2. The first-order valence-corrected chi connectivity index (χ1v) is 8.10. The lowest BCUT2D eigenvalue weighted by atomic mass is 9.74. The third-order valence-electron chi connectivity index (χ3n) is 5.47. The summed E-state index contributed by atoms with van der Waals surface area (Å²) in [6.45, 7) is -0.0410. The van der Waals surface area contributed by atoms with E-state index in [1.165, 1.54) is 18.5 Å². The van der Waals surface area contributed by atoms with Gasteiger partial charge in [-0.05, 0) is 18.2 Å². The molecule has 5 rings (SSSR count). The van der Waals surface area contributed by atoms with Crippen LogP contribution in [-0.2, 0) is 9.53 Å². The smallest absolute Gasteiger partial charge is 0.344 e. The molecule has 1 atom stereocenters. The molecular formula is C17H14F2N4O3. The average Bonchev–Trinajstić information content (AvgIpc) is 3.09. The second kappa shape index (κ2) is 4.88. The number of H-pyrrole nitrogens is 1. The van der Waals surface area contributed by atoms with E-state index in [4.69, 9.17) is 4.74 Å². The molecule has 4 heterocycles. The van der Waals surface area contributed by atoms with Gasteiger partial charge in [-0.25, -0.2) is 23.5 Å². The Morgan fingerprint density at radius 3 is 2.77 bits per heavy atom. The summed E-state index contributed by atoms with van der Waals surface area (Å²) >= 11 is 0. The van der Waals surface area contributed by atoms with Crippen molar-refractivity contribution in [2.45, 2.75) is 5.67 Å². The van der Waals surface area contributed by atoms with Gasteiger partial charge in [0.05, 0.1) is 36.1 Å². The SMILES string of the molecule is O=C(O)[C@]1(F)CN(c2ncnc3[nH]c4cc(F)ccc4c23)CC12COC2. The number of aromatic amines is 1. The number of alkyl halides is 1. The van der Waals surface area contributed by atoms with E-state index in [1.54, 1.807) is 11.0 Å².